The van der Waals surface area contributed by atoms with Crippen molar-refractivity contribution in [2.24, 2.45) is 0 Å². The highest BCUT2D eigenvalue weighted by Crippen LogP contribution is 2.22. The first kappa shape index (κ1) is 15.5. The number of nitrogens with zero attached hydrogens (tertiary/aromatic N) is 2. The van der Waals surface area contributed by atoms with Gasteiger partial charge in [0.25, 0.3) is 5.91 Å². The molecule has 1 aromatic carbocycles. The summed E-state index contributed by atoms with van der Waals surface area (Å²) in [6, 6.07) is 15.5. The Hall–Kier alpha value is -3.05. The van der Waals surface area contributed by atoms with Gasteiger partial charge < -0.3 is 5.32 Å². The van der Waals surface area contributed by atoms with Crippen molar-refractivity contribution in [2.75, 3.05) is 0 Å². The molecule has 1 amide bonds. The lowest BCUT2D eigenvalue weighted by atomic mass is 10.1. The molecule has 25 heavy (non-hydrogen) atoms. The molecule has 4 aromatic rings. The maximum absolute atomic E-state index is 12.4. The first-order chi connectivity index (χ1) is 12.3. The Kier molecular flexibility index (Phi) is 4.23. The second-order valence-corrected chi connectivity index (χ2v) is 6.45. The molecule has 0 saturated heterocycles. The fourth-order valence-corrected chi connectivity index (χ4v) is 3.30. The first-order valence-electron chi connectivity index (χ1n) is 7.90. The molecule has 0 fully saturated rings. The lowest BCUT2D eigenvalue weighted by Crippen LogP contribution is -2.23. The molecule has 0 spiro atoms. The Labute approximate surface area is 149 Å². The Bertz CT molecular complexity index is 1030. The van der Waals surface area contributed by atoms with Gasteiger partial charge in [-0.3, -0.25) is 9.78 Å². The van der Waals surface area contributed by atoms with E-state index in [1.807, 2.05) is 48.0 Å². The molecule has 0 aliphatic carbocycles. The van der Waals surface area contributed by atoms with Crippen LogP contribution in [0.25, 0.3) is 22.0 Å². The Morgan fingerprint density at radius 3 is 2.84 bits per heavy atom. The number of hydrogen-bond acceptors (Lipinski definition) is 4. The average Bonchev–Trinajstić information content (AvgIpc) is 3.21. The lowest BCUT2D eigenvalue weighted by molar-refractivity contribution is 0.0946. The fraction of sp³-hybridized carbons (Fsp3) is 0.0500. The van der Waals surface area contributed by atoms with Crippen LogP contribution in [0.1, 0.15) is 16.1 Å². The summed E-state index contributed by atoms with van der Waals surface area (Å²) in [5.74, 6) is -0.188. The van der Waals surface area contributed by atoms with Crippen LogP contribution in [0.15, 0.2) is 71.7 Å². The van der Waals surface area contributed by atoms with E-state index in [9.17, 15) is 4.79 Å². The number of carbonyl (C=O) groups is 1. The fourth-order valence-electron chi connectivity index (χ4n) is 2.64. The van der Waals surface area contributed by atoms with Crippen LogP contribution in [0, 0.1) is 0 Å². The average molecular weight is 345 g/mol. The second-order valence-electron chi connectivity index (χ2n) is 5.67. The van der Waals surface area contributed by atoms with E-state index in [0.717, 1.165) is 27.6 Å². The summed E-state index contributed by atoms with van der Waals surface area (Å²) >= 11 is 1.65. The molecule has 122 valence electrons. The van der Waals surface area contributed by atoms with Crippen molar-refractivity contribution in [2.45, 2.75) is 6.54 Å². The molecule has 3 heterocycles. The standard InChI is InChI=1S/C20H15N3OS/c24-20(19-6-5-15-3-1-2-4-18(15)23-19)22-11-14-9-17(12-21-10-14)16-7-8-25-13-16/h1-10,12-13H,11H2,(H,22,24). The molecular formula is C20H15N3OS. The molecule has 0 bridgehead atoms. The number of aromatic nitrogens is 2. The quantitative estimate of drug-likeness (QED) is 0.600. The minimum Gasteiger partial charge on any atom is -0.347 e. The zero-order valence-corrected chi connectivity index (χ0v) is 14.2. The molecule has 4 rings (SSSR count). The van der Waals surface area contributed by atoms with Gasteiger partial charge in [0, 0.05) is 29.9 Å². The molecule has 0 saturated carbocycles. The van der Waals surface area contributed by atoms with Gasteiger partial charge in [0.1, 0.15) is 5.69 Å². The molecule has 0 unspecified atom stereocenters. The zero-order valence-electron chi connectivity index (χ0n) is 13.3. The summed E-state index contributed by atoms with van der Waals surface area (Å²) in [5.41, 5.74) is 4.38. The summed E-state index contributed by atoms with van der Waals surface area (Å²) in [5, 5.41) is 8.05. The van der Waals surface area contributed by atoms with Crippen molar-refractivity contribution < 1.29 is 4.79 Å². The minimum atomic E-state index is -0.188. The van der Waals surface area contributed by atoms with Gasteiger partial charge >= 0.3 is 0 Å². The van der Waals surface area contributed by atoms with Crippen molar-refractivity contribution in [3.05, 3.63) is 82.9 Å². The number of fused-ring (bicyclic) bond motifs is 1. The van der Waals surface area contributed by atoms with Crippen LogP contribution in [0.5, 0.6) is 0 Å². The molecule has 0 radical (unpaired) electrons. The molecular weight excluding hydrogens is 330 g/mol. The number of thiophene rings is 1. The van der Waals surface area contributed by atoms with Crippen molar-refractivity contribution in [1.82, 2.24) is 15.3 Å². The SMILES string of the molecule is O=C(NCc1cncc(-c2ccsc2)c1)c1ccc2ccccc2n1. The van der Waals surface area contributed by atoms with Crippen LogP contribution in [0.3, 0.4) is 0 Å². The van der Waals surface area contributed by atoms with Crippen molar-refractivity contribution >= 4 is 28.1 Å². The van der Waals surface area contributed by atoms with Gasteiger partial charge in [-0.2, -0.15) is 11.3 Å². The third-order valence-electron chi connectivity index (χ3n) is 3.93. The third kappa shape index (κ3) is 3.41. The highest BCUT2D eigenvalue weighted by Gasteiger charge is 2.08. The number of amides is 1. The van der Waals surface area contributed by atoms with Gasteiger partial charge in [-0.05, 0) is 46.2 Å². The van der Waals surface area contributed by atoms with E-state index in [1.54, 1.807) is 23.6 Å². The maximum Gasteiger partial charge on any atom is 0.270 e. The number of rotatable bonds is 4. The molecule has 3 aromatic heterocycles. The summed E-state index contributed by atoms with van der Waals surface area (Å²) in [4.78, 5) is 21.1. The zero-order chi connectivity index (χ0) is 17.1. The molecule has 0 aliphatic rings. The molecule has 0 atom stereocenters. The van der Waals surface area contributed by atoms with Gasteiger partial charge in [-0.25, -0.2) is 4.98 Å². The normalized spacial score (nSPS) is 10.7. The number of benzene rings is 1. The van der Waals surface area contributed by atoms with Crippen molar-refractivity contribution in [1.29, 1.82) is 0 Å². The van der Waals surface area contributed by atoms with Crippen LogP contribution in [-0.4, -0.2) is 15.9 Å². The van der Waals surface area contributed by atoms with Gasteiger partial charge in [0.05, 0.1) is 5.52 Å². The summed E-state index contributed by atoms with van der Waals surface area (Å²) in [6.45, 7) is 0.415. The largest absolute Gasteiger partial charge is 0.347 e. The maximum atomic E-state index is 12.4. The Balaban J connectivity index is 1.48. The molecule has 5 heteroatoms. The van der Waals surface area contributed by atoms with Crippen LogP contribution in [-0.2, 0) is 6.54 Å². The van der Waals surface area contributed by atoms with E-state index >= 15 is 0 Å². The minimum absolute atomic E-state index is 0.188. The van der Waals surface area contributed by atoms with Crippen LogP contribution >= 0.6 is 11.3 Å². The number of para-hydroxylation sites is 1. The summed E-state index contributed by atoms with van der Waals surface area (Å²) in [6.07, 6.45) is 3.60. The first-order valence-corrected chi connectivity index (χ1v) is 8.84. The highest BCUT2D eigenvalue weighted by atomic mass is 32.1. The number of carbonyl (C=O) groups excluding carboxylic acids is 1. The van der Waals surface area contributed by atoms with Crippen LogP contribution < -0.4 is 5.32 Å². The lowest BCUT2D eigenvalue weighted by Gasteiger charge is -2.07. The highest BCUT2D eigenvalue weighted by molar-refractivity contribution is 7.08. The van der Waals surface area contributed by atoms with E-state index in [1.165, 1.54) is 0 Å². The van der Waals surface area contributed by atoms with E-state index in [0.29, 0.717) is 12.2 Å². The van der Waals surface area contributed by atoms with Crippen LogP contribution in [0.2, 0.25) is 0 Å². The predicted octanol–water partition coefficient (Wildman–Crippen LogP) is 4.29. The monoisotopic (exact) mass is 345 g/mol. The van der Waals surface area contributed by atoms with E-state index < -0.39 is 0 Å². The van der Waals surface area contributed by atoms with Crippen molar-refractivity contribution in [3.8, 4) is 11.1 Å². The Morgan fingerprint density at radius 1 is 1.04 bits per heavy atom. The smallest absolute Gasteiger partial charge is 0.270 e. The molecule has 1 N–H and O–H groups in total. The third-order valence-corrected chi connectivity index (χ3v) is 4.62. The topological polar surface area (TPSA) is 54.9 Å². The van der Waals surface area contributed by atoms with Crippen LogP contribution in [0.4, 0.5) is 0 Å². The van der Waals surface area contributed by atoms with E-state index in [2.05, 4.69) is 26.7 Å². The number of pyridine rings is 2. The van der Waals surface area contributed by atoms with Gasteiger partial charge in [-0.15, -0.1) is 0 Å². The number of hydrogen-bond donors (Lipinski definition) is 1. The van der Waals surface area contributed by atoms with E-state index in [-0.39, 0.29) is 5.91 Å². The van der Waals surface area contributed by atoms with Gasteiger partial charge in [0.15, 0.2) is 0 Å². The van der Waals surface area contributed by atoms with Crippen molar-refractivity contribution in [3.63, 3.8) is 0 Å². The summed E-state index contributed by atoms with van der Waals surface area (Å²) < 4.78 is 0. The van der Waals surface area contributed by atoms with E-state index in [4.69, 9.17) is 0 Å². The summed E-state index contributed by atoms with van der Waals surface area (Å²) in [7, 11) is 0. The van der Waals surface area contributed by atoms with Gasteiger partial charge in [-0.1, -0.05) is 24.3 Å². The predicted molar refractivity (Wildman–Crippen MR) is 100 cm³/mol. The molecule has 4 nitrogen and oxygen atoms in total. The number of nitrogens with one attached hydrogen (secondary N) is 1. The van der Waals surface area contributed by atoms with Gasteiger partial charge in [0.2, 0.25) is 0 Å². The second kappa shape index (κ2) is 6.83. The Morgan fingerprint density at radius 2 is 1.96 bits per heavy atom. The molecule has 0 aliphatic heterocycles.